The van der Waals surface area contributed by atoms with Crippen LogP contribution in [0.25, 0.3) is 0 Å². The number of nitrogens with zero attached hydrogens (tertiary/aromatic N) is 2. The number of hydrogen-bond donors (Lipinski definition) is 1. The maximum Gasteiger partial charge on any atom is 0.221 e. The van der Waals surface area contributed by atoms with Crippen molar-refractivity contribution < 1.29 is 9.32 Å². The van der Waals surface area contributed by atoms with Gasteiger partial charge in [0.1, 0.15) is 5.54 Å². The van der Waals surface area contributed by atoms with Crippen LogP contribution in [0.2, 0.25) is 0 Å². The highest BCUT2D eigenvalue weighted by Crippen LogP contribution is 2.44. The summed E-state index contributed by atoms with van der Waals surface area (Å²) in [6.45, 7) is 0. The number of amides is 1. The Morgan fingerprint density at radius 3 is 2.93 bits per heavy atom. The molecule has 1 aromatic heterocycles. The molecule has 1 N–H and O–H groups in total. The summed E-state index contributed by atoms with van der Waals surface area (Å²) in [6.07, 6.45) is 6.19. The van der Waals surface area contributed by atoms with E-state index in [4.69, 9.17) is 4.52 Å². The van der Waals surface area contributed by atoms with E-state index in [0.717, 1.165) is 12.8 Å². The molecule has 5 heteroatoms. The molecule has 5 nitrogen and oxygen atoms in total. The summed E-state index contributed by atoms with van der Waals surface area (Å²) in [7, 11) is 0. The fraction of sp³-hybridized carbons (Fsp3) is 0.700. The highest BCUT2D eigenvalue weighted by Gasteiger charge is 2.49. The Balaban J connectivity index is 1.64. The van der Waals surface area contributed by atoms with Crippen molar-refractivity contribution in [3.05, 3.63) is 12.2 Å². The van der Waals surface area contributed by atoms with E-state index in [0.29, 0.717) is 18.2 Å². The lowest BCUT2D eigenvalue weighted by molar-refractivity contribution is -0.122. The van der Waals surface area contributed by atoms with Crippen LogP contribution in [0.5, 0.6) is 0 Å². The van der Waals surface area contributed by atoms with Crippen molar-refractivity contribution in [3.63, 3.8) is 0 Å². The van der Waals surface area contributed by atoms with Gasteiger partial charge in [0.05, 0.1) is 0 Å². The van der Waals surface area contributed by atoms with Gasteiger partial charge in [-0.15, -0.1) is 0 Å². The van der Waals surface area contributed by atoms with Gasteiger partial charge in [0.25, 0.3) is 0 Å². The summed E-state index contributed by atoms with van der Waals surface area (Å²) in [5.41, 5.74) is -0.307. The van der Waals surface area contributed by atoms with E-state index in [9.17, 15) is 4.79 Å². The van der Waals surface area contributed by atoms with Gasteiger partial charge in [0.15, 0.2) is 5.82 Å². The zero-order valence-corrected chi connectivity index (χ0v) is 8.40. The number of hydrogen-bond acceptors (Lipinski definition) is 4. The summed E-state index contributed by atoms with van der Waals surface area (Å²) in [4.78, 5) is 15.7. The van der Waals surface area contributed by atoms with E-state index >= 15 is 0 Å². The predicted octanol–water partition coefficient (Wildman–Crippen LogP) is 0.975. The van der Waals surface area contributed by atoms with Crippen LogP contribution in [0.15, 0.2) is 10.9 Å². The van der Waals surface area contributed by atoms with Crippen molar-refractivity contribution in [2.24, 2.45) is 5.92 Å². The molecule has 3 rings (SSSR count). The first-order valence-electron chi connectivity index (χ1n) is 5.36. The van der Waals surface area contributed by atoms with Crippen LogP contribution in [0, 0.1) is 5.92 Å². The second-order valence-electron chi connectivity index (χ2n) is 4.53. The average molecular weight is 207 g/mol. The minimum Gasteiger partial charge on any atom is -0.343 e. The van der Waals surface area contributed by atoms with Crippen LogP contribution in [-0.4, -0.2) is 16.0 Å². The smallest absolute Gasteiger partial charge is 0.221 e. The minimum absolute atomic E-state index is 0.125. The molecule has 0 aromatic carbocycles. The van der Waals surface area contributed by atoms with Crippen LogP contribution < -0.4 is 5.32 Å². The van der Waals surface area contributed by atoms with E-state index in [1.165, 1.54) is 19.2 Å². The van der Waals surface area contributed by atoms with E-state index < -0.39 is 0 Å². The number of nitrogens with one attached hydrogen (secondary N) is 1. The summed E-state index contributed by atoms with van der Waals surface area (Å²) < 4.78 is 4.70. The van der Waals surface area contributed by atoms with Gasteiger partial charge >= 0.3 is 0 Å². The molecular weight excluding hydrogens is 194 g/mol. The van der Waals surface area contributed by atoms with Crippen LogP contribution in [0.3, 0.4) is 0 Å². The van der Waals surface area contributed by atoms with Gasteiger partial charge in [0.2, 0.25) is 12.3 Å². The minimum atomic E-state index is -0.307. The number of aromatic nitrogens is 2. The molecule has 2 fully saturated rings. The van der Waals surface area contributed by atoms with Crippen LogP contribution in [0.1, 0.15) is 37.9 Å². The Labute approximate surface area is 87.2 Å². The Morgan fingerprint density at radius 1 is 1.60 bits per heavy atom. The zero-order chi connectivity index (χ0) is 10.3. The molecule has 1 amide bonds. The molecule has 0 saturated heterocycles. The molecule has 15 heavy (non-hydrogen) atoms. The maximum atomic E-state index is 11.6. The zero-order valence-electron chi connectivity index (χ0n) is 8.40. The van der Waals surface area contributed by atoms with Crippen molar-refractivity contribution in [1.29, 1.82) is 0 Å². The first-order chi connectivity index (χ1) is 7.28. The van der Waals surface area contributed by atoms with Crippen molar-refractivity contribution in [1.82, 2.24) is 15.5 Å². The first-order valence-corrected chi connectivity index (χ1v) is 5.36. The molecule has 0 aliphatic heterocycles. The second-order valence-corrected chi connectivity index (χ2v) is 4.53. The van der Waals surface area contributed by atoms with E-state index in [1.54, 1.807) is 0 Å². The quantitative estimate of drug-likeness (QED) is 0.799. The van der Waals surface area contributed by atoms with E-state index in [-0.39, 0.29) is 11.4 Å². The van der Waals surface area contributed by atoms with Crippen LogP contribution in [0.4, 0.5) is 0 Å². The molecule has 0 atom stereocenters. The number of carbonyl (C=O) groups excluding carboxylic acids is 1. The topological polar surface area (TPSA) is 68.0 Å². The summed E-state index contributed by atoms with van der Waals surface area (Å²) in [5, 5.41) is 6.81. The highest BCUT2D eigenvalue weighted by atomic mass is 16.5. The molecule has 80 valence electrons. The molecule has 0 bridgehead atoms. The Bertz CT molecular complexity index is 366. The van der Waals surface area contributed by atoms with Crippen molar-refractivity contribution in [2.45, 2.75) is 37.6 Å². The van der Waals surface area contributed by atoms with Gasteiger partial charge in [-0.3, -0.25) is 4.79 Å². The summed E-state index contributed by atoms with van der Waals surface area (Å²) >= 11 is 0. The lowest BCUT2D eigenvalue weighted by Gasteiger charge is -2.12. The molecule has 1 heterocycles. The van der Waals surface area contributed by atoms with E-state index in [1.807, 2.05) is 0 Å². The van der Waals surface area contributed by atoms with Gasteiger partial charge < -0.3 is 9.84 Å². The van der Waals surface area contributed by atoms with Gasteiger partial charge in [-0.1, -0.05) is 5.16 Å². The highest BCUT2D eigenvalue weighted by molar-refractivity contribution is 5.77. The maximum absolute atomic E-state index is 11.6. The van der Waals surface area contributed by atoms with Gasteiger partial charge in [-0.2, -0.15) is 4.98 Å². The van der Waals surface area contributed by atoms with Crippen molar-refractivity contribution in [3.8, 4) is 0 Å². The van der Waals surface area contributed by atoms with E-state index in [2.05, 4.69) is 15.5 Å². The van der Waals surface area contributed by atoms with Crippen molar-refractivity contribution >= 4 is 5.91 Å². The largest absolute Gasteiger partial charge is 0.343 e. The molecule has 2 aliphatic carbocycles. The van der Waals surface area contributed by atoms with Gasteiger partial charge in [-0.05, 0) is 31.6 Å². The Kier molecular flexibility index (Phi) is 1.81. The van der Waals surface area contributed by atoms with Crippen LogP contribution >= 0.6 is 0 Å². The third kappa shape index (κ3) is 1.73. The standard InChI is InChI=1S/C10H13N3O2/c14-8(5-7-1-2-7)12-10(3-4-10)9-11-6-15-13-9/h6-7H,1-5H2,(H,12,14). The van der Waals surface area contributed by atoms with Crippen molar-refractivity contribution in [2.75, 3.05) is 0 Å². The lowest BCUT2D eigenvalue weighted by Crippen LogP contribution is -2.35. The molecule has 2 saturated carbocycles. The summed E-state index contributed by atoms with van der Waals surface area (Å²) in [6, 6.07) is 0. The number of rotatable bonds is 4. The van der Waals surface area contributed by atoms with Gasteiger partial charge in [-0.25, -0.2) is 0 Å². The number of carbonyl (C=O) groups is 1. The monoisotopic (exact) mass is 207 g/mol. The normalized spacial score (nSPS) is 22.4. The lowest BCUT2D eigenvalue weighted by atomic mass is 10.2. The fourth-order valence-corrected chi connectivity index (χ4v) is 1.81. The summed E-state index contributed by atoms with van der Waals surface area (Å²) in [5.74, 6) is 1.36. The molecule has 0 radical (unpaired) electrons. The third-order valence-electron chi connectivity index (χ3n) is 3.09. The molecule has 1 aromatic rings. The predicted molar refractivity (Wildman–Crippen MR) is 50.7 cm³/mol. The molecule has 2 aliphatic rings. The molecule has 0 unspecified atom stereocenters. The second kappa shape index (κ2) is 3.05. The Hall–Kier alpha value is -1.39. The van der Waals surface area contributed by atoms with Crippen LogP contribution in [-0.2, 0) is 10.3 Å². The van der Waals surface area contributed by atoms with Gasteiger partial charge in [0, 0.05) is 6.42 Å². The average Bonchev–Trinajstić information content (AvgIpc) is 3.11. The SMILES string of the molecule is O=C(CC1CC1)NC1(c2ncon2)CC1. The molecule has 0 spiro atoms. The molecular formula is C10H13N3O2. The fourth-order valence-electron chi connectivity index (χ4n) is 1.81. The first kappa shape index (κ1) is 8.88. The third-order valence-corrected chi connectivity index (χ3v) is 3.09. The Morgan fingerprint density at radius 2 is 2.40 bits per heavy atom.